The highest BCUT2D eigenvalue weighted by Gasteiger charge is 2.36. The second-order valence-electron chi connectivity index (χ2n) is 10.9. The first-order chi connectivity index (χ1) is 18.2. The lowest BCUT2D eigenvalue weighted by Crippen LogP contribution is -2.52. The van der Waals surface area contributed by atoms with Crippen molar-refractivity contribution in [1.82, 2.24) is 15.0 Å². The molecule has 0 unspecified atom stereocenters. The fourth-order valence-corrected chi connectivity index (χ4v) is 6.14. The molecule has 4 N–H and O–H groups in total. The Kier molecular flexibility index (Phi) is 9.35. The van der Waals surface area contributed by atoms with Crippen LogP contribution in [0.4, 0.5) is 15.8 Å². The van der Waals surface area contributed by atoms with Crippen LogP contribution in [0.2, 0.25) is 0 Å². The van der Waals surface area contributed by atoms with E-state index < -0.39 is 23.7 Å². The molecular formula is C28H38FN5O3S. The van der Waals surface area contributed by atoms with E-state index in [1.54, 1.807) is 0 Å². The highest BCUT2D eigenvalue weighted by Crippen LogP contribution is 2.30. The van der Waals surface area contributed by atoms with Crippen LogP contribution in [-0.2, 0) is 4.79 Å². The number of amides is 3. The Bertz CT molecular complexity index is 1120. The van der Waals surface area contributed by atoms with Crippen molar-refractivity contribution in [2.24, 2.45) is 5.92 Å². The standard InChI is InChI=1S/C28H38FN5O3S/c1-17(2)16-22(26(35)31-19-10-6-7-11-19)34(21-14-12-18(29)13-15-21)28(37)25-23(30)24(33-38-25)27(36)32-20-8-4-3-5-9-20/h12-15,17,19-20,22H,3-11,16,30H2,1-2H3,(H,31,35)(H,32,36)/t22-/m1/s1. The van der Waals surface area contributed by atoms with E-state index in [1.165, 1.54) is 29.2 Å². The highest BCUT2D eigenvalue weighted by atomic mass is 32.1. The molecule has 4 rings (SSSR count). The molecule has 2 aliphatic rings. The maximum absolute atomic E-state index is 14.1. The average Bonchev–Trinajstić information content (AvgIpc) is 3.54. The number of aromatic nitrogens is 1. The van der Waals surface area contributed by atoms with Gasteiger partial charge in [0.15, 0.2) is 5.69 Å². The summed E-state index contributed by atoms with van der Waals surface area (Å²) in [5, 5.41) is 6.12. The zero-order valence-electron chi connectivity index (χ0n) is 22.2. The molecule has 3 amide bonds. The summed E-state index contributed by atoms with van der Waals surface area (Å²) >= 11 is 0.849. The van der Waals surface area contributed by atoms with E-state index >= 15 is 0 Å². The smallest absolute Gasteiger partial charge is 0.273 e. The van der Waals surface area contributed by atoms with Gasteiger partial charge in [-0.15, -0.1) is 0 Å². The van der Waals surface area contributed by atoms with Crippen LogP contribution in [0.25, 0.3) is 0 Å². The Morgan fingerprint density at radius 3 is 2.18 bits per heavy atom. The molecule has 206 valence electrons. The number of nitrogen functional groups attached to an aromatic ring is 1. The fourth-order valence-electron chi connectivity index (χ4n) is 5.41. The molecule has 2 aliphatic carbocycles. The molecule has 0 aliphatic heterocycles. The van der Waals surface area contributed by atoms with E-state index in [9.17, 15) is 18.8 Å². The fraction of sp³-hybridized carbons (Fsp3) is 0.571. The molecule has 1 atom stereocenters. The van der Waals surface area contributed by atoms with Crippen molar-refractivity contribution in [2.75, 3.05) is 10.6 Å². The Hall–Kier alpha value is -3.01. The van der Waals surface area contributed by atoms with Crippen LogP contribution in [0, 0.1) is 11.7 Å². The maximum atomic E-state index is 14.1. The zero-order chi connectivity index (χ0) is 27.2. The SMILES string of the molecule is CC(C)C[C@H](C(=O)NC1CCCC1)N(C(=O)c1snc(C(=O)NC2CCCCC2)c1N)c1ccc(F)cc1. The third-order valence-electron chi connectivity index (χ3n) is 7.41. The molecule has 0 radical (unpaired) electrons. The molecule has 1 heterocycles. The van der Waals surface area contributed by atoms with Gasteiger partial charge in [-0.1, -0.05) is 46.0 Å². The van der Waals surface area contributed by atoms with Gasteiger partial charge < -0.3 is 16.4 Å². The lowest BCUT2D eigenvalue weighted by molar-refractivity contribution is -0.123. The van der Waals surface area contributed by atoms with E-state index in [4.69, 9.17) is 5.73 Å². The number of carbonyl (C=O) groups excluding carboxylic acids is 3. The van der Waals surface area contributed by atoms with Gasteiger partial charge in [0.2, 0.25) is 5.91 Å². The molecule has 2 saturated carbocycles. The third-order valence-corrected chi connectivity index (χ3v) is 8.26. The third kappa shape index (κ3) is 6.70. The Balaban J connectivity index is 1.65. The van der Waals surface area contributed by atoms with Crippen molar-refractivity contribution in [2.45, 2.75) is 96.2 Å². The molecule has 0 saturated heterocycles. The monoisotopic (exact) mass is 543 g/mol. The highest BCUT2D eigenvalue weighted by molar-refractivity contribution is 7.09. The number of benzene rings is 1. The number of nitrogens with one attached hydrogen (secondary N) is 2. The van der Waals surface area contributed by atoms with Crippen molar-refractivity contribution in [3.8, 4) is 0 Å². The zero-order valence-corrected chi connectivity index (χ0v) is 23.0. The van der Waals surface area contributed by atoms with Crippen molar-refractivity contribution in [3.05, 3.63) is 40.7 Å². The van der Waals surface area contributed by atoms with Gasteiger partial charge in [0.1, 0.15) is 16.7 Å². The van der Waals surface area contributed by atoms with Gasteiger partial charge in [0.05, 0.1) is 5.69 Å². The largest absolute Gasteiger partial charge is 0.395 e. The van der Waals surface area contributed by atoms with Gasteiger partial charge in [-0.2, -0.15) is 4.37 Å². The Labute approximate surface area is 227 Å². The van der Waals surface area contributed by atoms with E-state index in [1.807, 2.05) is 13.8 Å². The number of rotatable bonds is 9. The topological polar surface area (TPSA) is 117 Å². The van der Waals surface area contributed by atoms with Crippen LogP contribution in [0.1, 0.15) is 98.2 Å². The first kappa shape index (κ1) is 28.0. The van der Waals surface area contributed by atoms with Crippen molar-refractivity contribution in [3.63, 3.8) is 0 Å². The van der Waals surface area contributed by atoms with Crippen LogP contribution in [0.3, 0.4) is 0 Å². The molecule has 2 fully saturated rings. The first-order valence-corrected chi connectivity index (χ1v) is 14.5. The van der Waals surface area contributed by atoms with Crippen LogP contribution in [0.15, 0.2) is 24.3 Å². The number of nitrogens with zero attached hydrogens (tertiary/aromatic N) is 2. The van der Waals surface area contributed by atoms with Gasteiger partial charge in [-0.3, -0.25) is 19.3 Å². The molecule has 38 heavy (non-hydrogen) atoms. The predicted molar refractivity (Wildman–Crippen MR) is 148 cm³/mol. The minimum atomic E-state index is -0.838. The van der Waals surface area contributed by atoms with Gasteiger partial charge in [-0.25, -0.2) is 4.39 Å². The molecule has 0 spiro atoms. The summed E-state index contributed by atoms with van der Waals surface area (Å²) in [5.41, 5.74) is 6.74. The summed E-state index contributed by atoms with van der Waals surface area (Å²) in [6.07, 6.45) is 9.44. The Morgan fingerprint density at radius 2 is 1.58 bits per heavy atom. The van der Waals surface area contributed by atoms with Crippen LogP contribution >= 0.6 is 11.5 Å². The second-order valence-corrected chi connectivity index (χ2v) is 11.6. The summed E-state index contributed by atoms with van der Waals surface area (Å²) < 4.78 is 18.0. The second kappa shape index (κ2) is 12.7. The number of nitrogens with two attached hydrogens (primary N) is 1. The molecule has 1 aromatic carbocycles. The van der Waals surface area contributed by atoms with Crippen LogP contribution < -0.4 is 21.3 Å². The molecule has 2 aromatic rings. The lowest BCUT2D eigenvalue weighted by atomic mass is 9.95. The minimum Gasteiger partial charge on any atom is -0.395 e. The van der Waals surface area contributed by atoms with Gasteiger partial charge in [0.25, 0.3) is 11.8 Å². The minimum absolute atomic E-state index is 0.0000749. The predicted octanol–water partition coefficient (Wildman–Crippen LogP) is 5.05. The van der Waals surface area contributed by atoms with Crippen molar-refractivity contribution >= 4 is 40.6 Å². The van der Waals surface area contributed by atoms with Gasteiger partial charge in [0, 0.05) is 17.8 Å². The normalized spacial score (nSPS) is 17.4. The van der Waals surface area contributed by atoms with E-state index in [2.05, 4.69) is 15.0 Å². The lowest BCUT2D eigenvalue weighted by Gasteiger charge is -2.32. The van der Waals surface area contributed by atoms with E-state index in [-0.39, 0.29) is 40.2 Å². The number of hydrogen-bond donors (Lipinski definition) is 3. The number of halogens is 1. The average molecular weight is 544 g/mol. The van der Waals surface area contributed by atoms with E-state index in [0.29, 0.717) is 12.1 Å². The van der Waals surface area contributed by atoms with E-state index in [0.717, 1.165) is 69.3 Å². The van der Waals surface area contributed by atoms with Gasteiger partial charge in [-0.05, 0) is 73.8 Å². The molecule has 1 aromatic heterocycles. The summed E-state index contributed by atoms with van der Waals surface area (Å²) in [6, 6.07) is 4.79. The molecular weight excluding hydrogens is 505 g/mol. The summed E-state index contributed by atoms with van der Waals surface area (Å²) in [6.45, 7) is 3.97. The van der Waals surface area contributed by atoms with Crippen molar-refractivity contribution < 1.29 is 18.8 Å². The maximum Gasteiger partial charge on any atom is 0.273 e. The molecule has 8 nitrogen and oxygen atoms in total. The van der Waals surface area contributed by atoms with Crippen molar-refractivity contribution in [1.29, 1.82) is 0 Å². The van der Waals surface area contributed by atoms with Crippen LogP contribution in [0.5, 0.6) is 0 Å². The first-order valence-electron chi connectivity index (χ1n) is 13.7. The number of hydrogen-bond acceptors (Lipinski definition) is 6. The number of carbonyl (C=O) groups is 3. The summed E-state index contributed by atoms with van der Waals surface area (Å²) in [7, 11) is 0. The van der Waals surface area contributed by atoms with Gasteiger partial charge >= 0.3 is 0 Å². The molecule has 10 heteroatoms. The quantitative estimate of drug-likeness (QED) is 0.409. The summed E-state index contributed by atoms with van der Waals surface area (Å²) in [4.78, 5) is 42.1. The summed E-state index contributed by atoms with van der Waals surface area (Å²) in [5.74, 6) is -1.52. The Morgan fingerprint density at radius 1 is 1.00 bits per heavy atom. The van der Waals surface area contributed by atoms with Crippen LogP contribution in [-0.4, -0.2) is 40.2 Å². The molecule has 0 bridgehead atoms. The number of anilines is 2.